The van der Waals surface area contributed by atoms with Gasteiger partial charge in [0.1, 0.15) is 17.0 Å². The van der Waals surface area contributed by atoms with Gasteiger partial charge < -0.3 is 14.0 Å². The fourth-order valence-corrected chi connectivity index (χ4v) is 2.49. The van der Waals surface area contributed by atoms with Crippen LogP contribution in [0.3, 0.4) is 0 Å². The van der Waals surface area contributed by atoms with E-state index in [0.717, 1.165) is 11.1 Å². The summed E-state index contributed by atoms with van der Waals surface area (Å²) in [6.45, 7) is 3.77. The van der Waals surface area contributed by atoms with E-state index in [2.05, 4.69) is 10.5 Å². The lowest BCUT2D eigenvalue weighted by Crippen LogP contribution is -2.21. The average Bonchev–Trinajstić information content (AvgIpc) is 3.16. The third kappa shape index (κ3) is 4.76. The van der Waals surface area contributed by atoms with Crippen LogP contribution in [0.15, 0.2) is 59.1 Å². The Bertz CT molecular complexity index is 963. The summed E-state index contributed by atoms with van der Waals surface area (Å²) in [5.74, 6) is -0.592. The van der Waals surface area contributed by atoms with E-state index >= 15 is 0 Å². The summed E-state index contributed by atoms with van der Waals surface area (Å²) in [5.41, 5.74) is 2.86. The van der Waals surface area contributed by atoms with Crippen LogP contribution in [0.1, 0.15) is 22.8 Å². The fourth-order valence-electron chi connectivity index (χ4n) is 2.49. The number of carbonyl (C=O) groups excluding carboxylic acids is 2. The van der Waals surface area contributed by atoms with E-state index in [-0.39, 0.29) is 11.4 Å². The first-order valence-electron chi connectivity index (χ1n) is 8.79. The SMILES string of the molecule is CCOc1ccccc1C(=O)OCC(=O)Nc1cc(-c2ccc(C)cc2)no1. The first-order chi connectivity index (χ1) is 13.6. The van der Waals surface area contributed by atoms with Gasteiger partial charge in [-0.3, -0.25) is 10.1 Å². The monoisotopic (exact) mass is 380 g/mol. The summed E-state index contributed by atoms with van der Waals surface area (Å²) < 4.78 is 15.6. The summed E-state index contributed by atoms with van der Waals surface area (Å²) in [6.07, 6.45) is 0. The van der Waals surface area contributed by atoms with Gasteiger partial charge in [0.25, 0.3) is 5.91 Å². The first-order valence-corrected chi connectivity index (χ1v) is 8.79. The van der Waals surface area contributed by atoms with Gasteiger partial charge in [-0.1, -0.05) is 47.1 Å². The summed E-state index contributed by atoms with van der Waals surface area (Å²) in [7, 11) is 0. The quantitative estimate of drug-likeness (QED) is 0.626. The van der Waals surface area contributed by atoms with Crippen molar-refractivity contribution in [2.75, 3.05) is 18.5 Å². The van der Waals surface area contributed by atoms with Crippen LogP contribution in [0.2, 0.25) is 0 Å². The van der Waals surface area contributed by atoms with E-state index in [0.29, 0.717) is 18.1 Å². The summed E-state index contributed by atoms with van der Waals surface area (Å²) in [6, 6.07) is 16.0. The lowest BCUT2D eigenvalue weighted by molar-refractivity contribution is -0.119. The molecule has 1 aromatic heterocycles. The van der Waals surface area contributed by atoms with Crippen molar-refractivity contribution in [3.8, 4) is 17.0 Å². The molecule has 0 atom stereocenters. The molecular formula is C21H20N2O5. The largest absolute Gasteiger partial charge is 0.493 e. The van der Waals surface area contributed by atoms with E-state index in [9.17, 15) is 9.59 Å². The minimum Gasteiger partial charge on any atom is -0.493 e. The predicted molar refractivity (Wildman–Crippen MR) is 103 cm³/mol. The number of nitrogens with one attached hydrogen (secondary N) is 1. The molecule has 0 aliphatic carbocycles. The molecule has 144 valence electrons. The smallest absolute Gasteiger partial charge is 0.342 e. The van der Waals surface area contributed by atoms with Crippen molar-refractivity contribution in [1.82, 2.24) is 5.16 Å². The number of rotatable bonds is 7. The third-order valence-corrected chi connectivity index (χ3v) is 3.86. The van der Waals surface area contributed by atoms with E-state index in [1.807, 2.05) is 38.1 Å². The van der Waals surface area contributed by atoms with Crippen molar-refractivity contribution in [2.45, 2.75) is 13.8 Å². The molecule has 3 rings (SSSR count). The Hall–Kier alpha value is -3.61. The zero-order chi connectivity index (χ0) is 19.9. The van der Waals surface area contributed by atoms with Gasteiger partial charge >= 0.3 is 5.97 Å². The van der Waals surface area contributed by atoms with Crippen LogP contribution in [0.5, 0.6) is 5.75 Å². The molecule has 28 heavy (non-hydrogen) atoms. The molecule has 0 aliphatic heterocycles. The molecule has 7 nitrogen and oxygen atoms in total. The number of hydrogen-bond donors (Lipinski definition) is 1. The number of benzene rings is 2. The molecule has 0 unspecified atom stereocenters. The number of nitrogens with zero attached hydrogens (tertiary/aromatic N) is 1. The zero-order valence-corrected chi connectivity index (χ0v) is 15.6. The van der Waals surface area contributed by atoms with Crippen LogP contribution in [0.4, 0.5) is 5.88 Å². The Morgan fingerprint density at radius 2 is 1.86 bits per heavy atom. The fraction of sp³-hybridized carbons (Fsp3) is 0.190. The van der Waals surface area contributed by atoms with Gasteiger partial charge in [0.05, 0.1) is 6.61 Å². The summed E-state index contributed by atoms with van der Waals surface area (Å²) in [4.78, 5) is 24.2. The molecule has 0 spiro atoms. The third-order valence-electron chi connectivity index (χ3n) is 3.86. The number of esters is 1. The lowest BCUT2D eigenvalue weighted by atomic mass is 10.1. The first kappa shape index (κ1) is 19.2. The van der Waals surface area contributed by atoms with E-state index in [1.165, 1.54) is 0 Å². The maximum Gasteiger partial charge on any atom is 0.342 e. The number of aryl methyl sites for hydroxylation is 1. The number of ether oxygens (including phenoxy) is 2. The Balaban J connectivity index is 1.56. The Labute approximate surface area is 162 Å². The minimum absolute atomic E-state index is 0.173. The second-order valence-corrected chi connectivity index (χ2v) is 6.00. The maximum atomic E-state index is 12.2. The lowest BCUT2D eigenvalue weighted by Gasteiger charge is -2.09. The van der Waals surface area contributed by atoms with Crippen LogP contribution in [-0.2, 0) is 9.53 Å². The highest BCUT2D eigenvalue weighted by Crippen LogP contribution is 2.22. The van der Waals surface area contributed by atoms with Crippen LogP contribution >= 0.6 is 0 Å². The van der Waals surface area contributed by atoms with Gasteiger partial charge in [-0.2, -0.15) is 0 Å². The molecule has 0 bridgehead atoms. The van der Waals surface area contributed by atoms with Gasteiger partial charge in [-0.05, 0) is 26.0 Å². The van der Waals surface area contributed by atoms with Crippen LogP contribution in [0.25, 0.3) is 11.3 Å². The Kier molecular flexibility index (Phi) is 6.06. The van der Waals surface area contributed by atoms with E-state index in [1.54, 1.807) is 30.3 Å². The number of hydrogen-bond acceptors (Lipinski definition) is 6. The van der Waals surface area contributed by atoms with E-state index < -0.39 is 18.5 Å². The summed E-state index contributed by atoms with van der Waals surface area (Å²) in [5, 5.41) is 6.44. The van der Waals surface area contributed by atoms with Crippen molar-refractivity contribution in [1.29, 1.82) is 0 Å². The average molecular weight is 380 g/mol. The predicted octanol–water partition coefficient (Wildman–Crippen LogP) is 3.84. The highest BCUT2D eigenvalue weighted by atomic mass is 16.5. The molecule has 0 saturated carbocycles. The molecule has 0 radical (unpaired) electrons. The zero-order valence-electron chi connectivity index (χ0n) is 15.6. The standard InChI is InChI=1S/C21H20N2O5/c1-3-26-18-7-5-4-6-16(18)21(25)27-13-19(24)22-20-12-17(23-28-20)15-10-8-14(2)9-11-15/h4-12H,3,13H2,1-2H3,(H,22,24). The second-order valence-electron chi connectivity index (χ2n) is 6.00. The van der Waals surface area contributed by atoms with Crippen LogP contribution in [0, 0.1) is 6.92 Å². The normalized spacial score (nSPS) is 10.4. The number of anilines is 1. The molecule has 2 aromatic carbocycles. The Morgan fingerprint density at radius 1 is 1.11 bits per heavy atom. The molecular weight excluding hydrogens is 360 g/mol. The molecule has 3 aromatic rings. The van der Waals surface area contributed by atoms with Gasteiger partial charge in [0, 0.05) is 11.6 Å². The van der Waals surface area contributed by atoms with Crippen molar-refractivity contribution < 1.29 is 23.6 Å². The van der Waals surface area contributed by atoms with Crippen LogP contribution < -0.4 is 10.1 Å². The maximum absolute atomic E-state index is 12.2. The van der Waals surface area contributed by atoms with Gasteiger partial charge in [0.2, 0.25) is 5.88 Å². The number of carbonyl (C=O) groups is 2. The van der Waals surface area contributed by atoms with Crippen molar-refractivity contribution in [3.63, 3.8) is 0 Å². The van der Waals surface area contributed by atoms with Gasteiger partial charge in [-0.25, -0.2) is 4.79 Å². The highest BCUT2D eigenvalue weighted by Gasteiger charge is 2.16. The molecule has 1 amide bonds. The van der Waals surface area contributed by atoms with Crippen molar-refractivity contribution in [2.24, 2.45) is 0 Å². The Morgan fingerprint density at radius 3 is 2.61 bits per heavy atom. The van der Waals surface area contributed by atoms with Gasteiger partial charge in [0.15, 0.2) is 6.61 Å². The molecule has 1 N–H and O–H groups in total. The van der Waals surface area contributed by atoms with Gasteiger partial charge in [-0.15, -0.1) is 0 Å². The number of aromatic nitrogens is 1. The minimum atomic E-state index is -0.642. The highest BCUT2D eigenvalue weighted by molar-refractivity contribution is 5.96. The molecule has 0 fully saturated rings. The molecule has 7 heteroatoms. The molecule has 0 aliphatic rings. The van der Waals surface area contributed by atoms with Crippen molar-refractivity contribution in [3.05, 3.63) is 65.7 Å². The summed E-state index contributed by atoms with van der Waals surface area (Å²) >= 11 is 0. The number of amides is 1. The molecule has 1 heterocycles. The van der Waals surface area contributed by atoms with E-state index in [4.69, 9.17) is 14.0 Å². The topological polar surface area (TPSA) is 90.7 Å². The second kappa shape index (κ2) is 8.85. The number of para-hydroxylation sites is 1. The molecule has 0 saturated heterocycles. The van der Waals surface area contributed by atoms with Crippen molar-refractivity contribution >= 4 is 17.8 Å². The van der Waals surface area contributed by atoms with Crippen LogP contribution in [-0.4, -0.2) is 30.2 Å².